The summed E-state index contributed by atoms with van der Waals surface area (Å²) in [7, 11) is 0. The van der Waals surface area contributed by atoms with E-state index in [0.29, 0.717) is 43.7 Å². The van der Waals surface area contributed by atoms with Gasteiger partial charge in [-0.2, -0.15) is 0 Å². The Hall–Kier alpha value is -3.80. The van der Waals surface area contributed by atoms with Gasteiger partial charge in [0.1, 0.15) is 23.4 Å². The molecule has 10 nitrogen and oxygen atoms in total. The molecule has 0 aromatic carbocycles. The number of anilines is 1. The van der Waals surface area contributed by atoms with Crippen molar-refractivity contribution < 1.29 is 23.8 Å². The third kappa shape index (κ3) is 6.13. The number of piperidine rings is 1. The molecule has 1 fully saturated rings. The third-order valence-corrected chi connectivity index (χ3v) is 7.06. The van der Waals surface area contributed by atoms with E-state index in [0.717, 1.165) is 33.5 Å². The summed E-state index contributed by atoms with van der Waals surface area (Å²) in [4.78, 5) is 46.7. The summed E-state index contributed by atoms with van der Waals surface area (Å²) in [5.74, 6) is -1.26. The molecule has 0 aliphatic carbocycles. The number of thiazole rings is 1. The number of aromatic nitrogens is 3. The van der Waals surface area contributed by atoms with E-state index in [4.69, 9.17) is 15.6 Å². The molecule has 3 aromatic rings. The number of carboxylic acid groups (broad SMARTS) is 1. The van der Waals surface area contributed by atoms with Crippen LogP contribution in [-0.2, 0) is 22.4 Å². The monoisotopic (exact) mass is 529 g/mol. The number of aliphatic carboxylic acids is 1. The van der Waals surface area contributed by atoms with Crippen molar-refractivity contribution in [2.24, 2.45) is 5.73 Å². The Morgan fingerprint density at radius 2 is 2.14 bits per heavy atom. The second kappa shape index (κ2) is 11.1. The number of hydrogen-bond acceptors (Lipinski definition) is 8. The highest BCUT2D eigenvalue weighted by Gasteiger charge is 2.26. The molecule has 37 heavy (non-hydrogen) atoms. The van der Waals surface area contributed by atoms with Crippen LogP contribution in [0.4, 0.5) is 15.0 Å². The molecular weight excluding hydrogens is 501 g/mol. The lowest BCUT2D eigenvalue weighted by Gasteiger charge is -2.33. The number of nitrogens with two attached hydrogens (primary N) is 1. The summed E-state index contributed by atoms with van der Waals surface area (Å²) in [6, 6.07) is 1.53. The van der Waals surface area contributed by atoms with Gasteiger partial charge in [-0.15, -0.1) is 11.3 Å². The van der Waals surface area contributed by atoms with Crippen LogP contribution in [0.5, 0.6) is 0 Å². The molecular formula is C25H28FN5O5S. The van der Waals surface area contributed by atoms with Crippen LogP contribution in [0, 0.1) is 5.82 Å². The lowest BCUT2D eigenvalue weighted by atomic mass is 10.1. The normalized spacial score (nSPS) is 16.1. The smallest absolute Gasteiger partial charge is 0.404 e. The highest BCUT2D eigenvalue weighted by molar-refractivity contribution is 7.09. The van der Waals surface area contributed by atoms with E-state index in [1.807, 2.05) is 5.38 Å². The number of primary amides is 1. The molecule has 196 valence electrons. The first-order valence-corrected chi connectivity index (χ1v) is 12.8. The van der Waals surface area contributed by atoms with Crippen molar-refractivity contribution in [3.05, 3.63) is 61.7 Å². The van der Waals surface area contributed by atoms with Crippen LogP contribution in [0.2, 0.25) is 0 Å². The Balaban J connectivity index is 1.72. The van der Waals surface area contributed by atoms with Gasteiger partial charge in [0, 0.05) is 24.4 Å². The molecule has 12 heteroatoms. The van der Waals surface area contributed by atoms with Gasteiger partial charge in [-0.05, 0) is 42.9 Å². The molecule has 0 radical (unpaired) electrons. The molecule has 4 rings (SSSR count). The number of nitrogens with zero attached hydrogens (tertiary/aromatic N) is 4. The second-order valence-electron chi connectivity index (χ2n) is 9.17. The quantitative estimate of drug-likeness (QED) is 0.424. The fourth-order valence-electron chi connectivity index (χ4n) is 4.27. The summed E-state index contributed by atoms with van der Waals surface area (Å²) in [6.07, 6.45) is 3.82. The zero-order valence-corrected chi connectivity index (χ0v) is 21.3. The van der Waals surface area contributed by atoms with Gasteiger partial charge in [-0.25, -0.2) is 23.9 Å². The standard InChI is InChI=1S/C25H28FN5O5S/c1-14(2)19-13-37-21(28-19)7-5-15-10-20-29-23(30-9-3-4-16(11-30)36-25(27)35)17(6-8-22(32)33)24(34)31(20)12-18(15)26/h6,8,10,12-14,16H,3-5,7,9,11H2,1-2H3,(H2,27,35)(H,32,33)/b8-6+. The van der Waals surface area contributed by atoms with Gasteiger partial charge in [-0.3, -0.25) is 9.20 Å². The number of carbonyl (C=O) groups is 2. The molecule has 0 saturated carbocycles. The number of hydrogen-bond donors (Lipinski definition) is 2. The Morgan fingerprint density at radius 3 is 2.81 bits per heavy atom. The van der Waals surface area contributed by atoms with Crippen molar-refractivity contribution in [2.45, 2.75) is 51.6 Å². The predicted molar refractivity (Wildman–Crippen MR) is 138 cm³/mol. The third-order valence-electron chi connectivity index (χ3n) is 6.13. The fraction of sp³-hybridized carbons (Fsp3) is 0.400. The molecule has 0 bridgehead atoms. The first-order valence-electron chi connectivity index (χ1n) is 11.9. The lowest BCUT2D eigenvalue weighted by molar-refractivity contribution is -0.131. The lowest BCUT2D eigenvalue weighted by Crippen LogP contribution is -2.43. The average molecular weight is 530 g/mol. The molecule has 4 heterocycles. The second-order valence-corrected chi connectivity index (χ2v) is 10.1. The van der Waals surface area contributed by atoms with E-state index in [2.05, 4.69) is 23.8 Å². The molecule has 1 aliphatic heterocycles. The summed E-state index contributed by atoms with van der Waals surface area (Å²) in [5.41, 5.74) is 6.17. The van der Waals surface area contributed by atoms with E-state index in [1.54, 1.807) is 4.90 Å². The van der Waals surface area contributed by atoms with Gasteiger partial charge in [0.25, 0.3) is 5.56 Å². The van der Waals surface area contributed by atoms with Gasteiger partial charge in [0.15, 0.2) is 0 Å². The number of amides is 1. The van der Waals surface area contributed by atoms with E-state index in [-0.39, 0.29) is 23.6 Å². The number of fused-ring (bicyclic) bond motifs is 1. The largest absolute Gasteiger partial charge is 0.478 e. The maximum Gasteiger partial charge on any atom is 0.404 e. The van der Waals surface area contributed by atoms with Crippen LogP contribution in [0.3, 0.4) is 0 Å². The summed E-state index contributed by atoms with van der Waals surface area (Å²) in [6.45, 7) is 4.86. The van der Waals surface area contributed by atoms with E-state index >= 15 is 4.39 Å². The minimum absolute atomic E-state index is 0.00391. The zero-order chi connectivity index (χ0) is 26.7. The molecule has 3 N–H and O–H groups in total. The number of pyridine rings is 1. The molecule has 1 atom stereocenters. The summed E-state index contributed by atoms with van der Waals surface area (Å²) in [5, 5.41) is 12.0. The molecule has 3 aromatic heterocycles. The van der Waals surface area contributed by atoms with Crippen molar-refractivity contribution in [1.82, 2.24) is 14.4 Å². The van der Waals surface area contributed by atoms with Crippen molar-refractivity contribution in [2.75, 3.05) is 18.0 Å². The maximum atomic E-state index is 15.0. The fourth-order valence-corrected chi connectivity index (χ4v) is 5.23. The Bertz CT molecular complexity index is 1420. The van der Waals surface area contributed by atoms with E-state index in [9.17, 15) is 14.4 Å². The van der Waals surface area contributed by atoms with Crippen molar-refractivity contribution in [1.29, 1.82) is 0 Å². The van der Waals surface area contributed by atoms with Gasteiger partial charge in [0.2, 0.25) is 0 Å². The van der Waals surface area contributed by atoms with Gasteiger partial charge in [0.05, 0.1) is 29.0 Å². The van der Waals surface area contributed by atoms with Crippen LogP contribution in [-0.4, -0.2) is 50.7 Å². The van der Waals surface area contributed by atoms with Crippen molar-refractivity contribution in [3.63, 3.8) is 0 Å². The Labute approximate surface area is 216 Å². The first kappa shape index (κ1) is 26.3. The number of aryl methyl sites for hydroxylation is 2. The van der Waals surface area contributed by atoms with Crippen molar-refractivity contribution in [3.8, 4) is 0 Å². The summed E-state index contributed by atoms with van der Waals surface area (Å²) < 4.78 is 21.2. The molecule has 1 unspecified atom stereocenters. The maximum absolute atomic E-state index is 15.0. The molecule has 1 saturated heterocycles. The number of halogens is 1. The SMILES string of the molecule is CC(C)c1csc(CCc2cc3nc(N4CCCC(OC(N)=O)C4)c(/C=C/C(=O)O)c(=O)n3cc2F)n1. The number of rotatable bonds is 8. The highest BCUT2D eigenvalue weighted by Crippen LogP contribution is 2.25. The Morgan fingerprint density at radius 1 is 1.35 bits per heavy atom. The summed E-state index contributed by atoms with van der Waals surface area (Å²) >= 11 is 1.53. The number of carbonyl (C=O) groups excluding carboxylic acids is 1. The van der Waals surface area contributed by atoms with Crippen LogP contribution in [0.25, 0.3) is 11.7 Å². The topological polar surface area (TPSA) is 140 Å². The van der Waals surface area contributed by atoms with Crippen LogP contribution < -0.4 is 16.2 Å². The van der Waals surface area contributed by atoms with Crippen molar-refractivity contribution >= 4 is 40.9 Å². The molecule has 1 amide bonds. The first-order chi connectivity index (χ1) is 17.6. The highest BCUT2D eigenvalue weighted by atomic mass is 32.1. The number of carboxylic acids is 1. The Kier molecular flexibility index (Phi) is 7.86. The van der Waals surface area contributed by atoms with Gasteiger partial charge in [-0.1, -0.05) is 13.8 Å². The van der Waals surface area contributed by atoms with Gasteiger partial charge >= 0.3 is 12.1 Å². The zero-order valence-electron chi connectivity index (χ0n) is 20.5. The predicted octanol–water partition coefficient (Wildman–Crippen LogP) is 3.36. The average Bonchev–Trinajstić information content (AvgIpc) is 3.32. The molecule has 0 spiro atoms. The minimum atomic E-state index is -1.24. The van der Waals surface area contributed by atoms with E-state index < -0.39 is 29.5 Å². The number of ether oxygens (including phenoxy) is 1. The van der Waals surface area contributed by atoms with Crippen LogP contribution in [0.15, 0.2) is 28.5 Å². The van der Waals surface area contributed by atoms with Crippen LogP contribution in [0.1, 0.15) is 54.4 Å². The van der Waals surface area contributed by atoms with Crippen LogP contribution >= 0.6 is 11.3 Å². The molecule has 1 aliphatic rings. The van der Waals surface area contributed by atoms with E-state index in [1.165, 1.54) is 17.4 Å². The van der Waals surface area contributed by atoms with Gasteiger partial charge < -0.3 is 20.5 Å². The minimum Gasteiger partial charge on any atom is -0.478 e.